The lowest BCUT2D eigenvalue weighted by atomic mass is 10.1. The van der Waals surface area contributed by atoms with Crippen LogP contribution in [0.15, 0.2) is 24.4 Å². The van der Waals surface area contributed by atoms with Crippen molar-refractivity contribution < 1.29 is 14.3 Å². The fourth-order valence-corrected chi connectivity index (χ4v) is 2.43. The number of nitrogens with zero attached hydrogens (tertiary/aromatic N) is 1. The Morgan fingerprint density at radius 3 is 2.83 bits per heavy atom. The van der Waals surface area contributed by atoms with E-state index in [0.717, 1.165) is 11.8 Å². The predicted molar refractivity (Wildman–Crippen MR) is 91.7 cm³/mol. The van der Waals surface area contributed by atoms with Gasteiger partial charge >= 0.3 is 5.97 Å². The van der Waals surface area contributed by atoms with E-state index in [1.54, 1.807) is 20.1 Å². The van der Waals surface area contributed by atoms with Crippen molar-refractivity contribution in [3.05, 3.63) is 30.0 Å². The van der Waals surface area contributed by atoms with Crippen LogP contribution in [0.4, 0.5) is 11.4 Å². The Bertz CT molecular complexity index is 688. The van der Waals surface area contributed by atoms with Gasteiger partial charge in [-0.05, 0) is 19.4 Å². The standard InChI is InChI=1S/C17H23N3O3/c1-4-11(10-22-3)20-15-12-7-6-8-14(18)16(12)19-9-13(15)17(21)23-5-2/h6-9,11H,4-5,10,18H2,1-3H3,(H,19,20)/t11-/m0/s1. The van der Waals surface area contributed by atoms with Gasteiger partial charge in [-0.1, -0.05) is 19.1 Å². The van der Waals surface area contributed by atoms with E-state index in [1.807, 2.05) is 12.1 Å². The smallest absolute Gasteiger partial charge is 0.341 e. The van der Waals surface area contributed by atoms with E-state index >= 15 is 0 Å². The predicted octanol–water partition coefficient (Wildman–Crippen LogP) is 2.83. The second-order valence-corrected chi connectivity index (χ2v) is 5.22. The molecule has 0 aliphatic rings. The number of hydrogen-bond donors (Lipinski definition) is 2. The first-order valence-corrected chi connectivity index (χ1v) is 7.72. The summed E-state index contributed by atoms with van der Waals surface area (Å²) >= 11 is 0. The molecule has 1 heterocycles. The Morgan fingerprint density at radius 1 is 1.39 bits per heavy atom. The zero-order valence-corrected chi connectivity index (χ0v) is 13.8. The van der Waals surface area contributed by atoms with E-state index < -0.39 is 5.97 Å². The number of carbonyl (C=O) groups excluding carboxylic acids is 1. The molecular weight excluding hydrogens is 294 g/mol. The van der Waals surface area contributed by atoms with Crippen molar-refractivity contribution >= 4 is 28.2 Å². The second-order valence-electron chi connectivity index (χ2n) is 5.22. The number of rotatable bonds is 7. The highest BCUT2D eigenvalue weighted by Crippen LogP contribution is 2.30. The first kappa shape index (κ1) is 17.0. The van der Waals surface area contributed by atoms with Gasteiger partial charge in [-0.3, -0.25) is 4.98 Å². The number of carbonyl (C=O) groups is 1. The lowest BCUT2D eigenvalue weighted by molar-refractivity contribution is 0.0527. The number of nitrogens with one attached hydrogen (secondary N) is 1. The summed E-state index contributed by atoms with van der Waals surface area (Å²) in [6.45, 7) is 4.67. The normalized spacial score (nSPS) is 12.1. The van der Waals surface area contributed by atoms with Crippen LogP contribution in [0.2, 0.25) is 0 Å². The number of anilines is 2. The molecule has 0 saturated heterocycles. The number of benzene rings is 1. The number of hydrogen-bond acceptors (Lipinski definition) is 6. The third-order valence-electron chi connectivity index (χ3n) is 3.63. The molecule has 2 rings (SSSR count). The van der Waals surface area contributed by atoms with Crippen LogP contribution in [0.1, 0.15) is 30.6 Å². The summed E-state index contributed by atoms with van der Waals surface area (Å²) in [5.74, 6) is -0.404. The van der Waals surface area contributed by atoms with Gasteiger partial charge in [0.05, 0.1) is 30.1 Å². The van der Waals surface area contributed by atoms with Crippen molar-refractivity contribution in [3.8, 4) is 0 Å². The maximum atomic E-state index is 12.3. The molecule has 0 fully saturated rings. The molecule has 0 unspecified atom stereocenters. The van der Waals surface area contributed by atoms with Gasteiger partial charge in [0.1, 0.15) is 5.56 Å². The fourth-order valence-electron chi connectivity index (χ4n) is 2.43. The van der Waals surface area contributed by atoms with Gasteiger partial charge in [0.2, 0.25) is 0 Å². The van der Waals surface area contributed by atoms with Crippen LogP contribution in [-0.2, 0) is 9.47 Å². The molecule has 0 spiro atoms. The average Bonchev–Trinajstić information content (AvgIpc) is 2.55. The molecule has 1 aromatic heterocycles. The molecule has 0 saturated carbocycles. The molecule has 0 radical (unpaired) electrons. The third-order valence-corrected chi connectivity index (χ3v) is 3.63. The van der Waals surface area contributed by atoms with E-state index in [1.165, 1.54) is 6.20 Å². The average molecular weight is 317 g/mol. The van der Waals surface area contributed by atoms with Gasteiger partial charge in [-0.15, -0.1) is 0 Å². The number of fused-ring (bicyclic) bond motifs is 1. The minimum absolute atomic E-state index is 0.0696. The number of aromatic nitrogens is 1. The fraction of sp³-hybridized carbons (Fsp3) is 0.412. The first-order valence-electron chi connectivity index (χ1n) is 7.72. The van der Waals surface area contributed by atoms with Crippen molar-refractivity contribution in [3.63, 3.8) is 0 Å². The summed E-state index contributed by atoms with van der Waals surface area (Å²) in [5.41, 5.74) is 8.32. The summed E-state index contributed by atoms with van der Waals surface area (Å²) in [7, 11) is 1.65. The Kier molecular flexibility index (Phi) is 5.76. The molecule has 124 valence electrons. The van der Waals surface area contributed by atoms with Gasteiger partial charge in [0.25, 0.3) is 0 Å². The first-order chi connectivity index (χ1) is 11.1. The minimum Gasteiger partial charge on any atom is -0.462 e. The van der Waals surface area contributed by atoms with Gasteiger partial charge in [0.15, 0.2) is 0 Å². The third kappa shape index (κ3) is 3.71. The summed E-state index contributed by atoms with van der Waals surface area (Å²) in [4.78, 5) is 16.6. The maximum absolute atomic E-state index is 12.3. The number of esters is 1. The number of nitrogens with two attached hydrogens (primary N) is 1. The second kappa shape index (κ2) is 7.78. The molecule has 23 heavy (non-hydrogen) atoms. The molecule has 1 aromatic carbocycles. The monoisotopic (exact) mass is 317 g/mol. The lowest BCUT2D eigenvalue weighted by Gasteiger charge is -2.21. The van der Waals surface area contributed by atoms with Crippen LogP contribution in [0.25, 0.3) is 10.9 Å². The van der Waals surface area contributed by atoms with Crippen LogP contribution in [-0.4, -0.2) is 37.3 Å². The molecule has 1 atom stereocenters. The van der Waals surface area contributed by atoms with Crippen molar-refractivity contribution in [2.75, 3.05) is 31.4 Å². The van der Waals surface area contributed by atoms with Crippen molar-refractivity contribution in [2.24, 2.45) is 0 Å². The number of nitrogen functional groups attached to an aromatic ring is 1. The molecule has 0 amide bonds. The quantitative estimate of drug-likeness (QED) is 0.603. The SMILES string of the molecule is CCOC(=O)c1cnc2c(N)cccc2c1N[C@@H](CC)COC. The van der Waals surface area contributed by atoms with E-state index in [-0.39, 0.29) is 6.04 Å². The van der Waals surface area contributed by atoms with Gasteiger partial charge in [-0.2, -0.15) is 0 Å². The van der Waals surface area contributed by atoms with Crippen LogP contribution in [0.5, 0.6) is 0 Å². The Hall–Kier alpha value is -2.34. The molecule has 0 bridgehead atoms. The Morgan fingerprint density at radius 2 is 2.17 bits per heavy atom. The van der Waals surface area contributed by atoms with E-state index in [4.69, 9.17) is 15.2 Å². The Balaban J connectivity index is 2.56. The topological polar surface area (TPSA) is 86.5 Å². The zero-order chi connectivity index (χ0) is 16.8. The van der Waals surface area contributed by atoms with E-state index in [2.05, 4.69) is 17.2 Å². The van der Waals surface area contributed by atoms with Crippen molar-refractivity contribution in [2.45, 2.75) is 26.3 Å². The molecule has 0 aliphatic heterocycles. The van der Waals surface area contributed by atoms with Gasteiger partial charge < -0.3 is 20.5 Å². The van der Waals surface area contributed by atoms with E-state index in [9.17, 15) is 4.79 Å². The van der Waals surface area contributed by atoms with Crippen LogP contribution >= 0.6 is 0 Å². The van der Waals surface area contributed by atoms with Crippen molar-refractivity contribution in [1.82, 2.24) is 4.98 Å². The number of para-hydroxylation sites is 1. The van der Waals surface area contributed by atoms with Gasteiger partial charge in [-0.25, -0.2) is 4.79 Å². The van der Waals surface area contributed by atoms with Crippen LogP contribution in [0, 0.1) is 0 Å². The van der Waals surface area contributed by atoms with Crippen LogP contribution < -0.4 is 11.1 Å². The molecular formula is C17H23N3O3. The summed E-state index contributed by atoms with van der Waals surface area (Å²) in [6, 6.07) is 5.59. The molecule has 2 aromatic rings. The van der Waals surface area contributed by atoms with Crippen LogP contribution in [0.3, 0.4) is 0 Å². The summed E-state index contributed by atoms with van der Waals surface area (Å²) < 4.78 is 10.4. The molecule has 3 N–H and O–H groups in total. The number of ether oxygens (including phenoxy) is 2. The summed E-state index contributed by atoms with van der Waals surface area (Å²) in [5, 5.41) is 4.18. The zero-order valence-electron chi connectivity index (χ0n) is 13.8. The minimum atomic E-state index is -0.404. The highest BCUT2D eigenvalue weighted by molar-refractivity contribution is 6.07. The largest absolute Gasteiger partial charge is 0.462 e. The number of methoxy groups -OCH3 is 1. The Labute approximate surface area is 136 Å². The maximum Gasteiger partial charge on any atom is 0.341 e. The lowest BCUT2D eigenvalue weighted by Crippen LogP contribution is -2.25. The molecule has 6 nitrogen and oxygen atoms in total. The highest BCUT2D eigenvalue weighted by atomic mass is 16.5. The highest BCUT2D eigenvalue weighted by Gasteiger charge is 2.19. The number of pyridine rings is 1. The molecule has 6 heteroatoms. The van der Waals surface area contributed by atoms with Gasteiger partial charge in [0, 0.05) is 24.7 Å². The summed E-state index contributed by atoms with van der Waals surface area (Å²) in [6.07, 6.45) is 2.36. The van der Waals surface area contributed by atoms with E-state index in [0.29, 0.717) is 35.7 Å². The van der Waals surface area contributed by atoms with Crippen molar-refractivity contribution in [1.29, 1.82) is 0 Å². The molecule has 0 aliphatic carbocycles.